The molecule has 1 amide bonds. The summed E-state index contributed by atoms with van der Waals surface area (Å²) in [5.74, 6) is 0.806. The van der Waals surface area contributed by atoms with Crippen LogP contribution in [0.15, 0.2) is 18.3 Å². The number of carbonyl (C=O) groups excluding carboxylic acids is 1. The van der Waals surface area contributed by atoms with Crippen LogP contribution in [-0.2, 0) is 9.47 Å². The van der Waals surface area contributed by atoms with Gasteiger partial charge in [0.1, 0.15) is 11.4 Å². The Balaban J connectivity index is 2.63. The molecule has 0 spiro atoms. The number of carbonyl (C=O) groups is 1. The van der Waals surface area contributed by atoms with Crippen LogP contribution in [0.3, 0.4) is 0 Å². The molecule has 0 fully saturated rings. The van der Waals surface area contributed by atoms with Crippen LogP contribution in [-0.4, -0.2) is 67.5 Å². The molecule has 0 bridgehead atoms. The summed E-state index contributed by atoms with van der Waals surface area (Å²) in [4.78, 5) is 24.3. The molecule has 2 heterocycles. The highest BCUT2D eigenvalue weighted by Crippen LogP contribution is 2.32. The smallest absolute Gasteiger partial charge is 0.259 e. The number of fused-ring (bicyclic) bond motifs is 1. The Bertz CT molecular complexity index is 804. The molecule has 0 aliphatic rings. The molecule has 8 heteroatoms. The van der Waals surface area contributed by atoms with Crippen LogP contribution in [0.1, 0.15) is 38.1 Å². The minimum absolute atomic E-state index is 0.0756. The second-order valence-electron chi connectivity index (χ2n) is 7.12. The summed E-state index contributed by atoms with van der Waals surface area (Å²) in [5, 5.41) is 7.52. The summed E-state index contributed by atoms with van der Waals surface area (Å²) < 4.78 is 10.5. The monoisotopic (exact) mass is 403 g/mol. The van der Waals surface area contributed by atoms with Gasteiger partial charge in [-0.3, -0.25) is 4.79 Å². The number of aromatic nitrogens is 2. The molecule has 29 heavy (non-hydrogen) atoms. The lowest BCUT2D eigenvalue weighted by Crippen LogP contribution is -2.33. The van der Waals surface area contributed by atoms with E-state index in [4.69, 9.17) is 9.47 Å². The third-order valence-corrected chi connectivity index (χ3v) is 4.67. The second kappa shape index (κ2) is 10.9. The van der Waals surface area contributed by atoms with Gasteiger partial charge in [0.05, 0.1) is 12.2 Å². The van der Waals surface area contributed by atoms with Crippen molar-refractivity contribution in [3.05, 3.63) is 23.9 Å². The van der Waals surface area contributed by atoms with Crippen LogP contribution in [0.5, 0.6) is 0 Å². The first-order chi connectivity index (χ1) is 14.0. The number of pyridine rings is 2. The fourth-order valence-electron chi connectivity index (χ4n) is 3.03. The average molecular weight is 404 g/mol. The maximum atomic E-state index is 13.4. The van der Waals surface area contributed by atoms with Gasteiger partial charge in [0.2, 0.25) is 0 Å². The first-order valence-corrected chi connectivity index (χ1v) is 10.1. The number of hydrogen-bond donors (Lipinski definition) is 2. The van der Waals surface area contributed by atoms with E-state index in [9.17, 15) is 4.79 Å². The van der Waals surface area contributed by atoms with Gasteiger partial charge >= 0.3 is 0 Å². The zero-order valence-electron chi connectivity index (χ0n) is 18.3. The fraction of sp³-hybridized carbons (Fsp3) is 0.571. The topological polar surface area (TPSA) is 88.6 Å². The zero-order chi connectivity index (χ0) is 21.4. The van der Waals surface area contributed by atoms with Crippen molar-refractivity contribution in [3.63, 3.8) is 0 Å². The number of ether oxygens (including phenoxy) is 2. The first kappa shape index (κ1) is 22.8. The van der Waals surface area contributed by atoms with Crippen molar-refractivity contribution < 1.29 is 14.3 Å². The van der Waals surface area contributed by atoms with E-state index >= 15 is 0 Å². The van der Waals surface area contributed by atoms with Crippen LogP contribution in [0.2, 0.25) is 0 Å². The second-order valence-corrected chi connectivity index (χ2v) is 7.12. The van der Waals surface area contributed by atoms with Crippen molar-refractivity contribution in [3.8, 4) is 0 Å². The van der Waals surface area contributed by atoms with Gasteiger partial charge in [-0.2, -0.15) is 0 Å². The minimum Gasteiger partial charge on any atom is -0.383 e. The number of anilines is 2. The Kier molecular flexibility index (Phi) is 8.60. The van der Waals surface area contributed by atoms with Crippen LogP contribution < -0.4 is 10.6 Å². The van der Waals surface area contributed by atoms with Crippen LogP contribution >= 0.6 is 0 Å². The van der Waals surface area contributed by atoms with Crippen molar-refractivity contribution >= 4 is 28.4 Å². The fourth-order valence-corrected chi connectivity index (χ4v) is 3.03. The third kappa shape index (κ3) is 5.55. The SMILES string of the molecule is CCN(CC)C(=O)c1c(NCC(OC)OC)nc2ncccc2c1NCC(C)C. The molecule has 8 nitrogen and oxygen atoms in total. The Hall–Kier alpha value is -2.45. The molecular formula is C21H33N5O3. The first-order valence-electron chi connectivity index (χ1n) is 10.1. The average Bonchev–Trinajstić information content (AvgIpc) is 2.73. The predicted molar refractivity (Wildman–Crippen MR) is 116 cm³/mol. The molecule has 2 N–H and O–H groups in total. The lowest BCUT2D eigenvalue weighted by atomic mass is 10.1. The summed E-state index contributed by atoms with van der Waals surface area (Å²) in [7, 11) is 3.14. The van der Waals surface area contributed by atoms with Gasteiger partial charge in [-0.1, -0.05) is 13.8 Å². The Morgan fingerprint density at radius 1 is 1.14 bits per heavy atom. The van der Waals surface area contributed by atoms with Crippen molar-refractivity contribution in [2.75, 3.05) is 51.0 Å². The molecule has 0 aromatic carbocycles. The molecule has 0 aliphatic carbocycles. The summed E-state index contributed by atoms with van der Waals surface area (Å²) in [6, 6.07) is 3.79. The summed E-state index contributed by atoms with van der Waals surface area (Å²) in [5.41, 5.74) is 1.84. The molecule has 2 rings (SSSR count). The van der Waals surface area contributed by atoms with Crippen molar-refractivity contribution in [2.24, 2.45) is 5.92 Å². The summed E-state index contributed by atoms with van der Waals surface area (Å²) >= 11 is 0. The maximum Gasteiger partial charge on any atom is 0.259 e. The molecule has 160 valence electrons. The third-order valence-electron chi connectivity index (χ3n) is 4.67. The molecule has 0 saturated heterocycles. The largest absolute Gasteiger partial charge is 0.383 e. The highest BCUT2D eigenvalue weighted by molar-refractivity contribution is 6.10. The van der Waals surface area contributed by atoms with E-state index in [-0.39, 0.29) is 5.91 Å². The van der Waals surface area contributed by atoms with Crippen LogP contribution in [0.4, 0.5) is 11.5 Å². The number of nitrogens with one attached hydrogen (secondary N) is 2. The van der Waals surface area contributed by atoms with E-state index in [0.29, 0.717) is 42.6 Å². The number of hydrogen-bond acceptors (Lipinski definition) is 7. The van der Waals surface area contributed by atoms with Gasteiger partial charge in [0, 0.05) is 45.4 Å². The van der Waals surface area contributed by atoms with Crippen LogP contribution in [0.25, 0.3) is 11.0 Å². The van der Waals surface area contributed by atoms with E-state index in [2.05, 4.69) is 34.4 Å². The van der Waals surface area contributed by atoms with Gasteiger partial charge in [-0.05, 0) is 31.9 Å². The van der Waals surface area contributed by atoms with Crippen molar-refractivity contribution in [2.45, 2.75) is 34.0 Å². The lowest BCUT2D eigenvalue weighted by Gasteiger charge is -2.25. The molecule has 0 aliphatic heterocycles. The predicted octanol–water partition coefficient (Wildman–Crippen LogP) is 3.21. The van der Waals surface area contributed by atoms with E-state index in [0.717, 1.165) is 17.6 Å². The standard InChI is InChI=1S/C21H33N5O3/c1-7-26(8-2)21(27)17-18(23-12-14(3)4)15-10-9-11-22-19(15)25-20(17)24-13-16(28-5)29-6/h9-11,14,16H,7-8,12-13H2,1-6H3,(H2,22,23,24,25). The van der Waals surface area contributed by atoms with Crippen LogP contribution in [0, 0.1) is 5.92 Å². The molecule has 0 saturated carbocycles. The van der Waals surface area contributed by atoms with Gasteiger partial charge < -0.3 is 25.0 Å². The van der Waals surface area contributed by atoms with Crippen molar-refractivity contribution in [1.82, 2.24) is 14.9 Å². The van der Waals surface area contributed by atoms with E-state index < -0.39 is 6.29 Å². The van der Waals surface area contributed by atoms with E-state index in [1.54, 1.807) is 25.3 Å². The molecule has 0 atom stereocenters. The number of methoxy groups -OCH3 is 2. The Morgan fingerprint density at radius 2 is 1.83 bits per heavy atom. The van der Waals surface area contributed by atoms with Gasteiger partial charge in [-0.15, -0.1) is 0 Å². The van der Waals surface area contributed by atoms with Gasteiger partial charge in [0.15, 0.2) is 11.9 Å². The quantitative estimate of drug-likeness (QED) is 0.557. The van der Waals surface area contributed by atoms with E-state index in [1.807, 2.05) is 26.0 Å². The highest BCUT2D eigenvalue weighted by Gasteiger charge is 2.25. The Labute approximate surface area is 173 Å². The molecular weight excluding hydrogens is 370 g/mol. The lowest BCUT2D eigenvalue weighted by molar-refractivity contribution is -0.0914. The maximum absolute atomic E-state index is 13.4. The summed E-state index contributed by atoms with van der Waals surface area (Å²) in [6.45, 7) is 10.5. The zero-order valence-corrected chi connectivity index (χ0v) is 18.3. The van der Waals surface area contributed by atoms with Gasteiger partial charge in [0.25, 0.3) is 5.91 Å². The minimum atomic E-state index is -0.459. The number of nitrogens with zero attached hydrogens (tertiary/aromatic N) is 3. The van der Waals surface area contributed by atoms with Gasteiger partial charge in [-0.25, -0.2) is 9.97 Å². The number of amides is 1. The van der Waals surface area contributed by atoms with E-state index in [1.165, 1.54) is 0 Å². The Morgan fingerprint density at radius 3 is 2.41 bits per heavy atom. The normalized spacial score (nSPS) is 11.3. The number of rotatable bonds is 11. The van der Waals surface area contributed by atoms with Crippen molar-refractivity contribution in [1.29, 1.82) is 0 Å². The summed E-state index contributed by atoms with van der Waals surface area (Å²) in [6.07, 6.45) is 1.24. The molecule has 2 aromatic rings. The molecule has 0 unspecified atom stereocenters. The highest BCUT2D eigenvalue weighted by atomic mass is 16.7. The molecule has 0 radical (unpaired) electrons. The molecule has 2 aromatic heterocycles.